The van der Waals surface area contributed by atoms with Crippen LogP contribution in [0.5, 0.6) is 0 Å². The van der Waals surface area contributed by atoms with E-state index in [4.69, 9.17) is 27.9 Å². The van der Waals surface area contributed by atoms with Crippen molar-refractivity contribution in [2.45, 2.75) is 65.1 Å². The summed E-state index contributed by atoms with van der Waals surface area (Å²) in [5.74, 6) is -1.31. The molecule has 1 aromatic heterocycles. The molecule has 0 aliphatic carbocycles. The Bertz CT molecular complexity index is 881. The summed E-state index contributed by atoms with van der Waals surface area (Å²) >= 11 is 12.2. The summed E-state index contributed by atoms with van der Waals surface area (Å²) < 4.78 is 7.29. The van der Waals surface area contributed by atoms with Gasteiger partial charge >= 0.3 is 11.9 Å². The number of aliphatic carboxylic acids is 1. The highest BCUT2D eigenvalue weighted by Gasteiger charge is 2.29. The lowest BCUT2D eigenvalue weighted by atomic mass is 10.0. The van der Waals surface area contributed by atoms with E-state index in [0.29, 0.717) is 29.6 Å². The largest absolute Gasteiger partial charge is 0.480 e. The highest BCUT2D eigenvalue weighted by Crippen LogP contribution is 2.20. The third-order valence-corrected chi connectivity index (χ3v) is 5.36. The molecule has 32 heavy (non-hydrogen) atoms. The van der Waals surface area contributed by atoms with Gasteiger partial charge in [0, 0.05) is 34.9 Å². The van der Waals surface area contributed by atoms with Gasteiger partial charge in [0.15, 0.2) is 0 Å². The van der Waals surface area contributed by atoms with E-state index in [2.05, 4.69) is 10.3 Å². The summed E-state index contributed by atoms with van der Waals surface area (Å²) in [6, 6.07) is 3.62. The van der Waals surface area contributed by atoms with E-state index < -0.39 is 24.0 Å². The summed E-state index contributed by atoms with van der Waals surface area (Å²) in [6.07, 6.45) is 5.60. The number of unbranched alkanes of at least 4 members (excludes halogenated alkanes) is 1. The molecule has 0 saturated heterocycles. The molecule has 176 valence electrons. The number of halogens is 2. The van der Waals surface area contributed by atoms with Gasteiger partial charge in [0.05, 0.1) is 12.9 Å². The third-order valence-electron chi connectivity index (χ3n) is 4.92. The molecule has 0 amide bonds. The zero-order valence-corrected chi connectivity index (χ0v) is 20.2. The van der Waals surface area contributed by atoms with Gasteiger partial charge in [-0.05, 0) is 42.5 Å². The number of ether oxygens (including phenoxy) is 1. The number of carbonyl (C=O) groups is 2. The molecule has 0 spiro atoms. The molecule has 0 aliphatic rings. The van der Waals surface area contributed by atoms with Crippen LogP contribution in [0.2, 0.25) is 10.0 Å². The second kappa shape index (κ2) is 12.8. The molecule has 1 heterocycles. The van der Waals surface area contributed by atoms with Gasteiger partial charge in [0.1, 0.15) is 12.1 Å². The number of nitrogens with one attached hydrogen (secondary N) is 1. The number of carbonyl (C=O) groups excluding carboxylic acids is 1. The van der Waals surface area contributed by atoms with E-state index in [1.165, 1.54) is 0 Å². The number of carboxylic acid groups (broad SMARTS) is 1. The summed E-state index contributed by atoms with van der Waals surface area (Å²) in [4.78, 5) is 28.8. The Labute approximate surface area is 199 Å². The molecular weight excluding hydrogens is 453 g/mol. The van der Waals surface area contributed by atoms with E-state index in [1.54, 1.807) is 18.6 Å². The molecule has 1 aromatic carbocycles. The predicted octanol–water partition coefficient (Wildman–Crippen LogP) is 4.58. The van der Waals surface area contributed by atoms with Crippen LogP contribution in [0.1, 0.15) is 51.3 Å². The molecule has 0 radical (unpaired) electrons. The van der Waals surface area contributed by atoms with Crippen molar-refractivity contribution >= 4 is 35.1 Å². The topological polar surface area (TPSA) is 93.5 Å². The van der Waals surface area contributed by atoms with Crippen molar-refractivity contribution < 1.29 is 19.4 Å². The molecule has 9 heteroatoms. The van der Waals surface area contributed by atoms with Crippen molar-refractivity contribution in [1.82, 2.24) is 14.9 Å². The number of rotatable bonds is 13. The number of carboxylic acids is 1. The lowest BCUT2D eigenvalue weighted by molar-refractivity contribution is -0.147. The summed E-state index contributed by atoms with van der Waals surface area (Å²) in [7, 11) is 0. The predicted molar refractivity (Wildman–Crippen MR) is 125 cm³/mol. The number of nitrogens with zero attached hydrogens (tertiary/aromatic N) is 2. The van der Waals surface area contributed by atoms with Gasteiger partial charge in [-0.3, -0.25) is 14.9 Å². The van der Waals surface area contributed by atoms with Crippen LogP contribution in [0, 0.1) is 5.92 Å². The second-order valence-electron chi connectivity index (χ2n) is 8.26. The number of hydrogen-bond donors (Lipinski definition) is 2. The number of benzene rings is 1. The Morgan fingerprint density at radius 2 is 1.88 bits per heavy atom. The van der Waals surface area contributed by atoms with Crippen LogP contribution < -0.4 is 5.32 Å². The van der Waals surface area contributed by atoms with Gasteiger partial charge in [0.2, 0.25) is 0 Å². The van der Waals surface area contributed by atoms with Crippen molar-refractivity contribution in [2.24, 2.45) is 5.92 Å². The Morgan fingerprint density at radius 3 is 2.47 bits per heavy atom. The molecule has 0 bridgehead atoms. The number of esters is 1. The summed E-state index contributed by atoms with van der Waals surface area (Å²) in [5, 5.41) is 13.7. The van der Waals surface area contributed by atoms with Crippen LogP contribution in [-0.4, -0.2) is 45.3 Å². The summed E-state index contributed by atoms with van der Waals surface area (Å²) in [6.45, 7) is 6.65. The van der Waals surface area contributed by atoms with Crippen LogP contribution >= 0.6 is 23.2 Å². The van der Waals surface area contributed by atoms with Crippen molar-refractivity contribution in [3.05, 3.63) is 52.0 Å². The smallest absolute Gasteiger partial charge is 0.323 e. The summed E-state index contributed by atoms with van der Waals surface area (Å²) in [5.41, 5.74) is 1.65. The standard InChI is InChI=1S/C23H31Cl2N3O4/c1-4-5-6-32-23(31)21(27-20(22(29)30)7-15(2)3)11-19-12-26-14-28(19)13-16-8-17(24)10-18(25)9-16/h8-10,12,14-15,20-21,27H,4-7,11,13H2,1-3H3,(H,29,30). The highest BCUT2D eigenvalue weighted by atomic mass is 35.5. The van der Waals surface area contributed by atoms with Gasteiger partial charge in [0.25, 0.3) is 0 Å². The maximum atomic E-state index is 12.8. The van der Waals surface area contributed by atoms with Gasteiger partial charge in [-0.1, -0.05) is 50.4 Å². The van der Waals surface area contributed by atoms with Crippen LogP contribution in [0.15, 0.2) is 30.7 Å². The minimum atomic E-state index is -0.993. The first kappa shape index (κ1) is 26.2. The minimum Gasteiger partial charge on any atom is -0.480 e. The second-order valence-corrected chi connectivity index (χ2v) is 9.13. The maximum Gasteiger partial charge on any atom is 0.323 e. The van der Waals surface area contributed by atoms with Crippen molar-refractivity contribution in [2.75, 3.05) is 6.61 Å². The molecule has 2 unspecified atom stereocenters. The Morgan fingerprint density at radius 1 is 1.19 bits per heavy atom. The third kappa shape index (κ3) is 8.45. The molecule has 0 fully saturated rings. The molecule has 2 aromatic rings. The number of hydrogen-bond acceptors (Lipinski definition) is 5. The van der Waals surface area contributed by atoms with E-state index in [9.17, 15) is 14.7 Å². The first-order valence-electron chi connectivity index (χ1n) is 10.8. The highest BCUT2D eigenvalue weighted by molar-refractivity contribution is 6.34. The zero-order valence-electron chi connectivity index (χ0n) is 18.7. The lowest BCUT2D eigenvalue weighted by Crippen LogP contribution is -2.49. The monoisotopic (exact) mass is 483 g/mol. The molecule has 2 atom stereocenters. The van der Waals surface area contributed by atoms with Gasteiger partial charge in [-0.2, -0.15) is 0 Å². The quantitative estimate of drug-likeness (QED) is 0.319. The van der Waals surface area contributed by atoms with Crippen LogP contribution in [0.25, 0.3) is 0 Å². The zero-order chi connectivity index (χ0) is 23.7. The fraction of sp³-hybridized carbons (Fsp3) is 0.522. The molecule has 2 N–H and O–H groups in total. The SMILES string of the molecule is CCCCOC(=O)C(Cc1cncn1Cc1cc(Cl)cc(Cl)c1)NC(CC(C)C)C(=O)O. The van der Waals surface area contributed by atoms with Crippen LogP contribution in [0.4, 0.5) is 0 Å². The Hall–Kier alpha value is -2.09. The van der Waals surface area contributed by atoms with Gasteiger partial charge < -0.3 is 14.4 Å². The molecular formula is C23H31Cl2N3O4. The molecule has 7 nitrogen and oxygen atoms in total. The average Bonchev–Trinajstić information content (AvgIpc) is 3.12. The fourth-order valence-corrected chi connectivity index (χ4v) is 3.92. The van der Waals surface area contributed by atoms with Gasteiger partial charge in [-0.25, -0.2) is 4.98 Å². The van der Waals surface area contributed by atoms with Gasteiger partial charge in [-0.15, -0.1) is 0 Å². The normalized spacial score (nSPS) is 13.2. The van der Waals surface area contributed by atoms with Crippen molar-refractivity contribution in [1.29, 1.82) is 0 Å². The molecule has 0 saturated carbocycles. The van der Waals surface area contributed by atoms with Crippen molar-refractivity contribution in [3.63, 3.8) is 0 Å². The Balaban J connectivity index is 2.22. The lowest BCUT2D eigenvalue weighted by Gasteiger charge is -2.24. The maximum absolute atomic E-state index is 12.8. The fourth-order valence-electron chi connectivity index (χ4n) is 3.35. The number of imidazole rings is 1. The van der Waals surface area contributed by atoms with E-state index in [-0.39, 0.29) is 12.3 Å². The average molecular weight is 484 g/mol. The van der Waals surface area contributed by atoms with E-state index >= 15 is 0 Å². The molecule has 2 rings (SSSR count). The van der Waals surface area contributed by atoms with E-state index in [0.717, 1.165) is 24.1 Å². The minimum absolute atomic E-state index is 0.151. The van der Waals surface area contributed by atoms with Crippen LogP contribution in [0.3, 0.4) is 0 Å². The van der Waals surface area contributed by atoms with Crippen molar-refractivity contribution in [3.8, 4) is 0 Å². The first-order valence-corrected chi connectivity index (χ1v) is 11.5. The first-order chi connectivity index (χ1) is 15.2. The Kier molecular flexibility index (Phi) is 10.5. The van der Waals surface area contributed by atoms with Crippen LogP contribution in [-0.2, 0) is 27.3 Å². The number of aromatic nitrogens is 2. The van der Waals surface area contributed by atoms with E-state index in [1.807, 2.05) is 37.5 Å². The molecule has 0 aliphatic heterocycles.